The maximum absolute atomic E-state index is 13.7. The van der Waals surface area contributed by atoms with Gasteiger partial charge in [0, 0.05) is 12.4 Å². The molecule has 1 aromatic heterocycles. The molecule has 0 saturated carbocycles. The van der Waals surface area contributed by atoms with Crippen LogP contribution < -0.4 is 5.32 Å². The van der Waals surface area contributed by atoms with Crippen LogP contribution in [0.3, 0.4) is 0 Å². The topological polar surface area (TPSA) is 89.0 Å². The van der Waals surface area contributed by atoms with Crippen LogP contribution in [0.1, 0.15) is 10.9 Å². The van der Waals surface area contributed by atoms with Gasteiger partial charge in [-0.05, 0) is 23.7 Å². The molecule has 0 aliphatic rings. The lowest BCUT2D eigenvalue weighted by Crippen LogP contribution is -2.32. The highest BCUT2D eigenvalue weighted by Crippen LogP contribution is 2.29. The van der Waals surface area contributed by atoms with Crippen molar-refractivity contribution in [1.29, 1.82) is 0 Å². The quantitative estimate of drug-likeness (QED) is 0.907. The first-order valence-electron chi connectivity index (χ1n) is 5.45. The number of halogens is 1. The highest BCUT2D eigenvalue weighted by atomic mass is 32.2. The monoisotopic (exact) mass is 315 g/mol. The molecule has 0 aliphatic carbocycles. The molecular formula is C11H10FN3O3S2. The predicted molar refractivity (Wildman–Crippen MR) is 70.3 cm³/mol. The molecule has 0 spiro atoms. The van der Waals surface area contributed by atoms with E-state index < -0.39 is 31.7 Å². The van der Waals surface area contributed by atoms with E-state index in [4.69, 9.17) is 0 Å². The Morgan fingerprint density at radius 1 is 1.40 bits per heavy atom. The number of nitrogens with one attached hydrogen (secondary N) is 1. The number of sulfone groups is 1. The number of benzene rings is 1. The smallest absolute Gasteiger partial charge is 0.244 e. The third-order valence-electron chi connectivity index (χ3n) is 2.58. The number of carbonyl (C=O) groups is 1. The van der Waals surface area contributed by atoms with Gasteiger partial charge in [0.05, 0.1) is 0 Å². The Bertz CT molecular complexity index is 716. The SMILES string of the molecule is CNC(=O)C(c1csnn1)S(=O)(=O)c1ccccc1F. The van der Waals surface area contributed by atoms with Gasteiger partial charge in [0.15, 0.2) is 15.1 Å². The van der Waals surface area contributed by atoms with Gasteiger partial charge in [0.25, 0.3) is 0 Å². The van der Waals surface area contributed by atoms with Crippen LogP contribution in [0.2, 0.25) is 0 Å². The zero-order valence-electron chi connectivity index (χ0n) is 10.3. The van der Waals surface area contributed by atoms with Crippen LogP contribution in [0.15, 0.2) is 34.5 Å². The summed E-state index contributed by atoms with van der Waals surface area (Å²) in [6.45, 7) is 0. The fraction of sp³-hybridized carbons (Fsp3) is 0.182. The molecule has 20 heavy (non-hydrogen) atoms. The maximum Gasteiger partial charge on any atom is 0.244 e. The second-order valence-corrected chi connectivity index (χ2v) is 6.41. The fourth-order valence-electron chi connectivity index (χ4n) is 1.65. The van der Waals surface area contributed by atoms with Crippen molar-refractivity contribution < 1.29 is 17.6 Å². The zero-order chi connectivity index (χ0) is 14.8. The number of likely N-dealkylation sites (N-methyl/N-ethyl adjacent to an activating group) is 1. The van der Waals surface area contributed by atoms with Gasteiger partial charge >= 0.3 is 0 Å². The Labute approximate surface area is 118 Å². The van der Waals surface area contributed by atoms with Crippen LogP contribution in [-0.4, -0.2) is 31.0 Å². The third kappa shape index (κ3) is 2.54. The highest BCUT2D eigenvalue weighted by molar-refractivity contribution is 7.92. The van der Waals surface area contributed by atoms with Gasteiger partial charge in [-0.1, -0.05) is 16.6 Å². The molecule has 1 atom stereocenters. The number of hydrogen-bond donors (Lipinski definition) is 1. The Balaban J connectivity index is 2.60. The Kier molecular flexibility index (Phi) is 4.09. The van der Waals surface area contributed by atoms with Crippen molar-refractivity contribution in [2.75, 3.05) is 7.05 Å². The lowest BCUT2D eigenvalue weighted by Gasteiger charge is -2.14. The van der Waals surface area contributed by atoms with E-state index in [0.29, 0.717) is 0 Å². The fourth-order valence-corrected chi connectivity index (χ4v) is 3.91. The van der Waals surface area contributed by atoms with Crippen LogP contribution in [0.4, 0.5) is 4.39 Å². The summed E-state index contributed by atoms with van der Waals surface area (Å²) in [5.41, 5.74) is -0.0300. The van der Waals surface area contributed by atoms with Crippen LogP contribution in [0.25, 0.3) is 0 Å². The summed E-state index contributed by atoms with van der Waals surface area (Å²) in [6.07, 6.45) is 0. The first-order valence-corrected chi connectivity index (χ1v) is 7.83. The van der Waals surface area contributed by atoms with Crippen molar-refractivity contribution >= 4 is 27.3 Å². The summed E-state index contributed by atoms with van der Waals surface area (Å²) >= 11 is 0.912. The summed E-state index contributed by atoms with van der Waals surface area (Å²) in [6, 6.07) is 4.89. The molecule has 1 aromatic carbocycles. The average molecular weight is 315 g/mol. The molecule has 6 nitrogen and oxygen atoms in total. The van der Waals surface area contributed by atoms with Crippen LogP contribution in [-0.2, 0) is 14.6 Å². The van der Waals surface area contributed by atoms with Crippen LogP contribution in [0.5, 0.6) is 0 Å². The molecule has 1 N–H and O–H groups in total. The summed E-state index contributed by atoms with van der Waals surface area (Å²) < 4.78 is 42.2. The zero-order valence-corrected chi connectivity index (χ0v) is 11.9. The van der Waals surface area contributed by atoms with Crippen molar-refractivity contribution in [2.45, 2.75) is 10.1 Å². The van der Waals surface area contributed by atoms with Gasteiger partial charge in [0.1, 0.15) is 16.4 Å². The molecule has 1 amide bonds. The van der Waals surface area contributed by atoms with E-state index in [0.717, 1.165) is 23.7 Å². The van der Waals surface area contributed by atoms with E-state index >= 15 is 0 Å². The summed E-state index contributed by atoms with van der Waals surface area (Å²) in [5.74, 6) is -1.70. The van der Waals surface area contributed by atoms with Gasteiger partial charge in [-0.15, -0.1) is 5.10 Å². The predicted octanol–water partition coefficient (Wildman–Crippen LogP) is 0.938. The average Bonchev–Trinajstić information content (AvgIpc) is 2.92. The first kappa shape index (κ1) is 14.5. The molecule has 1 unspecified atom stereocenters. The standard InChI is InChI=1S/C11H10FN3O3S2/c1-13-11(16)10(8-6-19-15-14-8)20(17,18)9-5-3-2-4-7(9)12/h2-6,10H,1H3,(H,13,16). The molecule has 0 saturated heterocycles. The number of hydrogen-bond acceptors (Lipinski definition) is 6. The van der Waals surface area contributed by atoms with Crippen molar-refractivity contribution in [3.8, 4) is 0 Å². The molecular weight excluding hydrogens is 305 g/mol. The molecule has 106 valence electrons. The molecule has 0 aliphatic heterocycles. The number of carbonyl (C=O) groups excluding carboxylic acids is 1. The summed E-state index contributed by atoms with van der Waals surface area (Å²) in [5, 5.41) is 5.58. The Morgan fingerprint density at radius 3 is 2.65 bits per heavy atom. The third-order valence-corrected chi connectivity index (χ3v) is 5.13. The van der Waals surface area contributed by atoms with E-state index in [1.54, 1.807) is 0 Å². The summed E-state index contributed by atoms with van der Waals surface area (Å²) in [4.78, 5) is 11.3. The van der Waals surface area contributed by atoms with E-state index in [9.17, 15) is 17.6 Å². The lowest BCUT2D eigenvalue weighted by molar-refractivity contribution is -0.120. The van der Waals surface area contributed by atoms with Gasteiger partial charge in [-0.25, -0.2) is 12.8 Å². The van der Waals surface area contributed by atoms with Gasteiger partial charge in [-0.3, -0.25) is 4.79 Å². The van der Waals surface area contributed by atoms with E-state index in [1.807, 2.05) is 0 Å². The molecule has 2 aromatic rings. The van der Waals surface area contributed by atoms with Crippen molar-refractivity contribution in [3.63, 3.8) is 0 Å². The number of rotatable bonds is 4. The van der Waals surface area contributed by atoms with Gasteiger partial charge < -0.3 is 5.32 Å². The van der Waals surface area contributed by atoms with Crippen LogP contribution in [0, 0.1) is 5.82 Å². The van der Waals surface area contributed by atoms with E-state index in [1.165, 1.54) is 24.6 Å². The van der Waals surface area contributed by atoms with Crippen LogP contribution >= 0.6 is 11.5 Å². The minimum atomic E-state index is -4.25. The molecule has 2 rings (SSSR count). The number of aromatic nitrogens is 2. The Hall–Kier alpha value is -1.87. The lowest BCUT2D eigenvalue weighted by atomic mass is 10.3. The normalized spacial score (nSPS) is 12.9. The molecule has 1 heterocycles. The van der Waals surface area contributed by atoms with Crippen molar-refractivity contribution in [2.24, 2.45) is 0 Å². The largest absolute Gasteiger partial charge is 0.358 e. The van der Waals surface area contributed by atoms with Gasteiger partial charge in [-0.2, -0.15) is 0 Å². The maximum atomic E-state index is 13.7. The molecule has 0 bridgehead atoms. The second kappa shape index (κ2) is 5.63. The van der Waals surface area contributed by atoms with Gasteiger partial charge in [0.2, 0.25) is 5.91 Å². The minimum Gasteiger partial charge on any atom is -0.358 e. The van der Waals surface area contributed by atoms with E-state index in [2.05, 4.69) is 14.9 Å². The highest BCUT2D eigenvalue weighted by Gasteiger charge is 2.38. The first-order chi connectivity index (χ1) is 9.48. The number of nitrogens with zero attached hydrogens (tertiary/aromatic N) is 2. The molecule has 0 fully saturated rings. The molecule has 9 heteroatoms. The summed E-state index contributed by atoms with van der Waals surface area (Å²) in [7, 11) is -2.95. The molecule has 0 radical (unpaired) electrons. The van der Waals surface area contributed by atoms with E-state index in [-0.39, 0.29) is 5.69 Å². The van der Waals surface area contributed by atoms with Crippen molar-refractivity contribution in [3.05, 3.63) is 41.2 Å². The van der Waals surface area contributed by atoms with Crippen molar-refractivity contribution in [1.82, 2.24) is 14.9 Å². The Morgan fingerprint density at radius 2 is 2.10 bits per heavy atom. The minimum absolute atomic E-state index is 0.0300. The number of amides is 1. The second-order valence-electron chi connectivity index (χ2n) is 3.80.